The summed E-state index contributed by atoms with van der Waals surface area (Å²) in [5.74, 6) is 0. The van der Waals surface area contributed by atoms with Gasteiger partial charge in [-0.1, -0.05) is 6.92 Å². The standard InChI is InChI=1S/C11H14N2O2/c1-2-7-15-8-6-13-5-3-4-10(9-12)11(13)14/h3-5H,2,6-8H2,1H3. The smallest absolute Gasteiger partial charge is 0.268 e. The first kappa shape index (κ1) is 11.5. The van der Waals surface area contributed by atoms with Crippen LogP contribution < -0.4 is 5.56 Å². The van der Waals surface area contributed by atoms with Gasteiger partial charge in [-0.25, -0.2) is 0 Å². The van der Waals surface area contributed by atoms with Gasteiger partial charge in [0.05, 0.1) is 6.61 Å². The molecule has 0 atom stereocenters. The first-order chi connectivity index (χ1) is 7.29. The van der Waals surface area contributed by atoms with Crippen LogP contribution >= 0.6 is 0 Å². The molecular weight excluding hydrogens is 192 g/mol. The summed E-state index contributed by atoms with van der Waals surface area (Å²) in [6.07, 6.45) is 2.63. The Balaban J connectivity index is 2.63. The number of pyridine rings is 1. The number of hydrogen-bond donors (Lipinski definition) is 0. The zero-order chi connectivity index (χ0) is 11.1. The number of nitrogens with zero attached hydrogens (tertiary/aromatic N) is 2. The fourth-order valence-electron chi connectivity index (χ4n) is 1.21. The maximum atomic E-state index is 11.5. The minimum atomic E-state index is -0.250. The molecule has 1 rings (SSSR count). The van der Waals surface area contributed by atoms with Crippen molar-refractivity contribution in [1.82, 2.24) is 4.57 Å². The number of nitriles is 1. The Bertz CT molecular complexity index is 404. The maximum absolute atomic E-state index is 11.5. The van der Waals surface area contributed by atoms with E-state index in [0.29, 0.717) is 19.8 Å². The zero-order valence-corrected chi connectivity index (χ0v) is 8.77. The summed E-state index contributed by atoms with van der Waals surface area (Å²) in [4.78, 5) is 11.5. The zero-order valence-electron chi connectivity index (χ0n) is 8.77. The Morgan fingerprint density at radius 2 is 2.33 bits per heavy atom. The molecule has 1 heterocycles. The van der Waals surface area contributed by atoms with Crippen molar-refractivity contribution in [2.24, 2.45) is 0 Å². The quantitative estimate of drug-likeness (QED) is 0.679. The summed E-state index contributed by atoms with van der Waals surface area (Å²) in [6, 6.07) is 5.08. The second-order valence-corrected chi connectivity index (χ2v) is 3.14. The van der Waals surface area contributed by atoms with E-state index in [1.165, 1.54) is 10.6 Å². The highest BCUT2D eigenvalue weighted by Gasteiger charge is 2.00. The fraction of sp³-hybridized carbons (Fsp3) is 0.455. The molecule has 0 aliphatic heterocycles. The third kappa shape index (κ3) is 3.22. The number of ether oxygens (including phenoxy) is 1. The van der Waals surface area contributed by atoms with E-state index < -0.39 is 0 Å². The molecule has 0 saturated heterocycles. The Hall–Kier alpha value is -1.60. The summed E-state index contributed by atoms with van der Waals surface area (Å²) < 4.78 is 6.77. The van der Waals surface area contributed by atoms with Gasteiger partial charge in [0.25, 0.3) is 5.56 Å². The molecule has 1 aromatic rings. The molecule has 0 unspecified atom stereocenters. The summed E-state index contributed by atoms with van der Waals surface area (Å²) in [5, 5.41) is 8.66. The molecule has 15 heavy (non-hydrogen) atoms. The lowest BCUT2D eigenvalue weighted by Crippen LogP contribution is -2.23. The molecule has 0 amide bonds. The Morgan fingerprint density at radius 1 is 1.53 bits per heavy atom. The van der Waals surface area contributed by atoms with Gasteiger partial charge in [-0.3, -0.25) is 4.79 Å². The van der Waals surface area contributed by atoms with Crippen LogP contribution in [0.1, 0.15) is 18.9 Å². The Labute approximate surface area is 88.7 Å². The number of rotatable bonds is 5. The normalized spacial score (nSPS) is 9.87. The van der Waals surface area contributed by atoms with Gasteiger partial charge in [0.1, 0.15) is 11.6 Å². The number of hydrogen-bond acceptors (Lipinski definition) is 3. The monoisotopic (exact) mass is 206 g/mol. The molecule has 0 spiro atoms. The lowest BCUT2D eigenvalue weighted by Gasteiger charge is -2.05. The molecule has 0 radical (unpaired) electrons. The van der Waals surface area contributed by atoms with Crippen molar-refractivity contribution in [3.8, 4) is 6.07 Å². The molecule has 0 aliphatic rings. The van der Waals surface area contributed by atoms with Crippen molar-refractivity contribution in [2.75, 3.05) is 13.2 Å². The molecule has 0 aromatic carbocycles. The third-order valence-corrected chi connectivity index (χ3v) is 1.97. The van der Waals surface area contributed by atoms with Crippen molar-refractivity contribution in [1.29, 1.82) is 5.26 Å². The predicted molar refractivity (Wildman–Crippen MR) is 56.5 cm³/mol. The van der Waals surface area contributed by atoms with E-state index in [4.69, 9.17) is 10.00 Å². The molecule has 0 saturated carbocycles. The van der Waals surface area contributed by atoms with E-state index >= 15 is 0 Å². The van der Waals surface area contributed by atoms with Gasteiger partial charge < -0.3 is 9.30 Å². The van der Waals surface area contributed by atoms with Crippen LogP contribution in [0, 0.1) is 11.3 Å². The first-order valence-electron chi connectivity index (χ1n) is 4.97. The highest BCUT2D eigenvalue weighted by atomic mass is 16.5. The molecule has 0 bridgehead atoms. The van der Waals surface area contributed by atoms with Crippen LogP contribution in [-0.4, -0.2) is 17.8 Å². The predicted octanol–water partition coefficient (Wildman–Crippen LogP) is 1.15. The molecule has 0 N–H and O–H groups in total. The topological polar surface area (TPSA) is 55.0 Å². The Kier molecular flexibility index (Phi) is 4.58. The highest BCUT2D eigenvalue weighted by Crippen LogP contribution is 1.90. The van der Waals surface area contributed by atoms with Crippen molar-refractivity contribution in [3.63, 3.8) is 0 Å². The van der Waals surface area contributed by atoms with Gasteiger partial charge in [0.2, 0.25) is 0 Å². The SMILES string of the molecule is CCCOCCn1cccc(C#N)c1=O. The van der Waals surface area contributed by atoms with Crippen molar-refractivity contribution in [2.45, 2.75) is 19.9 Å². The average Bonchev–Trinajstić information content (AvgIpc) is 2.26. The lowest BCUT2D eigenvalue weighted by molar-refractivity contribution is 0.126. The average molecular weight is 206 g/mol. The van der Waals surface area contributed by atoms with Gasteiger partial charge in [0, 0.05) is 19.3 Å². The van der Waals surface area contributed by atoms with Gasteiger partial charge in [-0.05, 0) is 18.6 Å². The van der Waals surface area contributed by atoms with Crippen molar-refractivity contribution >= 4 is 0 Å². The molecule has 0 aliphatic carbocycles. The summed E-state index contributed by atoms with van der Waals surface area (Å²) in [7, 11) is 0. The van der Waals surface area contributed by atoms with Gasteiger partial charge >= 0.3 is 0 Å². The summed E-state index contributed by atoms with van der Waals surface area (Å²) in [5.41, 5.74) is -0.0758. The van der Waals surface area contributed by atoms with E-state index in [0.717, 1.165) is 6.42 Å². The van der Waals surface area contributed by atoms with Crippen molar-refractivity contribution < 1.29 is 4.74 Å². The maximum Gasteiger partial charge on any atom is 0.268 e. The largest absolute Gasteiger partial charge is 0.380 e. The lowest BCUT2D eigenvalue weighted by atomic mass is 10.3. The van der Waals surface area contributed by atoms with Gasteiger partial charge in [-0.2, -0.15) is 5.26 Å². The van der Waals surface area contributed by atoms with E-state index in [1.54, 1.807) is 12.3 Å². The fourth-order valence-corrected chi connectivity index (χ4v) is 1.21. The van der Waals surface area contributed by atoms with Crippen LogP contribution in [0.2, 0.25) is 0 Å². The highest BCUT2D eigenvalue weighted by molar-refractivity contribution is 5.24. The minimum absolute atomic E-state index is 0.174. The first-order valence-corrected chi connectivity index (χ1v) is 4.97. The Morgan fingerprint density at radius 3 is 3.00 bits per heavy atom. The van der Waals surface area contributed by atoms with E-state index in [2.05, 4.69) is 0 Å². The summed E-state index contributed by atoms with van der Waals surface area (Å²) >= 11 is 0. The third-order valence-electron chi connectivity index (χ3n) is 1.97. The van der Waals surface area contributed by atoms with E-state index in [9.17, 15) is 4.79 Å². The van der Waals surface area contributed by atoms with E-state index in [1.807, 2.05) is 13.0 Å². The van der Waals surface area contributed by atoms with Crippen LogP contribution in [-0.2, 0) is 11.3 Å². The van der Waals surface area contributed by atoms with Crippen LogP contribution in [0.25, 0.3) is 0 Å². The van der Waals surface area contributed by atoms with Crippen LogP contribution in [0.15, 0.2) is 23.1 Å². The van der Waals surface area contributed by atoms with Gasteiger partial charge in [0.15, 0.2) is 0 Å². The van der Waals surface area contributed by atoms with Crippen LogP contribution in [0.4, 0.5) is 0 Å². The van der Waals surface area contributed by atoms with Crippen LogP contribution in [0.3, 0.4) is 0 Å². The molecular formula is C11H14N2O2. The molecule has 80 valence electrons. The second kappa shape index (κ2) is 5.99. The summed E-state index contributed by atoms with van der Waals surface area (Å²) in [6.45, 7) is 3.73. The van der Waals surface area contributed by atoms with E-state index in [-0.39, 0.29) is 11.1 Å². The molecule has 4 heteroatoms. The number of aromatic nitrogens is 1. The molecule has 0 fully saturated rings. The van der Waals surface area contributed by atoms with Crippen molar-refractivity contribution in [3.05, 3.63) is 34.2 Å². The minimum Gasteiger partial charge on any atom is -0.380 e. The molecule has 4 nitrogen and oxygen atoms in total. The van der Waals surface area contributed by atoms with Gasteiger partial charge in [-0.15, -0.1) is 0 Å². The van der Waals surface area contributed by atoms with Crippen LogP contribution in [0.5, 0.6) is 0 Å². The molecule has 1 aromatic heterocycles. The second-order valence-electron chi connectivity index (χ2n) is 3.14.